The van der Waals surface area contributed by atoms with Gasteiger partial charge in [0, 0.05) is 11.1 Å². The van der Waals surface area contributed by atoms with E-state index in [0.717, 1.165) is 11.1 Å². The number of ether oxygens (including phenoxy) is 2. The third-order valence-electron chi connectivity index (χ3n) is 2.29. The van der Waals surface area contributed by atoms with Crippen LogP contribution in [-0.2, 0) is 14.3 Å². The van der Waals surface area contributed by atoms with Gasteiger partial charge >= 0.3 is 5.97 Å². The Kier molecular flexibility index (Phi) is 1.29. The molecule has 2 atom stereocenters. The number of hydrogen-bond donors (Lipinski definition) is 0. The fourth-order valence-corrected chi connectivity index (χ4v) is 1.50. The van der Waals surface area contributed by atoms with Crippen molar-refractivity contribution in [3.63, 3.8) is 0 Å². The second-order valence-electron chi connectivity index (χ2n) is 2.99. The summed E-state index contributed by atoms with van der Waals surface area (Å²) >= 11 is 0. The van der Waals surface area contributed by atoms with Crippen molar-refractivity contribution >= 4 is 5.97 Å². The zero-order chi connectivity index (χ0) is 8.01. The number of rotatable bonds is 0. The fraction of sp³-hybridized carbons (Fsp3) is 0.625. The highest BCUT2D eigenvalue weighted by atomic mass is 16.6. The molecule has 0 unspecified atom stereocenters. The first-order valence-corrected chi connectivity index (χ1v) is 3.72. The van der Waals surface area contributed by atoms with Crippen LogP contribution in [0.3, 0.4) is 0 Å². The highest BCUT2D eigenvalue weighted by Gasteiger charge is 2.40. The average Bonchev–Trinajstić information content (AvgIpc) is 2.43. The average molecular weight is 154 g/mol. The van der Waals surface area contributed by atoms with Crippen LogP contribution in [0.2, 0.25) is 0 Å². The summed E-state index contributed by atoms with van der Waals surface area (Å²) in [6.45, 7) is 4.27. The van der Waals surface area contributed by atoms with Crippen molar-refractivity contribution in [3.05, 3.63) is 11.1 Å². The van der Waals surface area contributed by atoms with Crippen molar-refractivity contribution in [3.8, 4) is 0 Å². The molecule has 2 aliphatic rings. The molecule has 0 aromatic rings. The van der Waals surface area contributed by atoms with Crippen LogP contribution in [0.25, 0.3) is 0 Å². The molecule has 60 valence electrons. The lowest BCUT2D eigenvalue weighted by molar-refractivity contribution is -0.142. The summed E-state index contributed by atoms with van der Waals surface area (Å²) in [6.07, 6.45) is -0.0612. The van der Waals surface area contributed by atoms with Crippen molar-refractivity contribution in [2.75, 3.05) is 6.61 Å². The first kappa shape index (κ1) is 6.85. The van der Waals surface area contributed by atoms with Gasteiger partial charge in [-0.25, -0.2) is 4.79 Å². The van der Waals surface area contributed by atoms with Crippen molar-refractivity contribution in [1.29, 1.82) is 0 Å². The number of fused-ring (bicyclic) bond motifs is 1. The van der Waals surface area contributed by atoms with Gasteiger partial charge < -0.3 is 9.47 Å². The summed E-state index contributed by atoms with van der Waals surface area (Å²) in [6, 6.07) is 0. The maximum atomic E-state index is 11.0. The van der Waals surface area contributed by atoms with Gasteiger partial charge in [0.25, 0.3) is 0 Å². The summed E-state index contributed by atoms with van der Waals surface area (Å²) in [5.74, 6) is -0.180. The number of carbonyl (C=O) groups is 1. The first-order chi connectivity index (χ1) is 5.20. The number of esters is 1. The Morgan fingerprint density at radius 3 is 2.91 bits per heavy atom. The monoisotopic (exact) mass is 154 g/mol. The molecular formula is C8H10O3. The molecule has 0 bridgehead atoms. The van der Waals surface area contributed by atoms with Crippen molar-refractivity contribution in [2.24, 2.45) is 0 Å². The van der Waals surface area contributed by atoms with Crippen LogP contribution in [0, 0.1) is 0 Å². The quantitative estimate of drug-likeness (QED) is 0.480. The second kappa shape index (κ2) is 2.08. The molecule has 0 aromatic carbocycles. The molecule has 0 spiro atoms. The first-order valence-electron chi connectivity index (χ1n) is 3.72. The molecule has 0 N–H and O–H groups in total. The predicted molar refractivity (Wildman–Crippen MR) is 38.0 cm³/mol. The maximum Gasteiger partial charge on any atom is 0.334 e. The van der Waals surface area contributed by atoms with E-state index >= 15 is 0 Å². The van der Waals surface area contributed by atoms with E-state index in [4.69, 9.17) is 9.47 Å². The Bertz CT molecular complexity index is 242. The molecule has 11 heavy (non-hydrogen) atoms. The van der Waals surface area contributed by atoms with Crippen LogP contribution in [0.5, 0.6) is 0 Å². The Hall–Kier alpha value is -0.830. The highest BCUT2D eigenvalue weighted by molar-refractivity contribution is 5.92. The van der Waals surface area contributed by atoms with Gasteiger partial charge in [0.2, 0.25) is 0 Å². The normalized spacial score (nSPS) is 36.0. The lowest BCUT2D eigenvalue weighted by Gasteiger charge is -2.09. The van der Waals surface area contributed by atoms with Crippen LogP contribution in [0.15, 0.2) is 11.1 Å². The van der Waals surface area contributed by atoms with Gasteiger partial charge in [-0.1, -0.05) is 0 Å². The van der Waals surface area contributed by atoms with E-state index in [9.17, 15) is 4.79 Å². The highest BCUT2D eigenvalue weighted by Crippen LogP contribution is 2.31. The predicted octanol–water partition coefficient (Wildman–Crippen LogP) is 0.647. The van der Waals surface area contributed by atoms with Crippen molar-refractivity contribution in [2.45, 2.75) is 26.1 Å². The van der Waals surface area contributed by atoms with Crippen LogP contribution in [-0.4, -0.2) is 24.8 Å². The SMILES string of the molecule is CC1=C2CO[C@@H](C)[C@H]2OC1=O. The van der Waals surface area contributed by atoms with Gasteiger partial charge in [-0.15, -0.1) is 0 Å². The molecule has 3 nitrogen and oxygen atoms in total. The van der Waals surface area contributed by atoms with Gasteiger partial charge in [0.1, 0.15) is 0 Å². The summed E-state index contributed by atoms with van der Waals surface area (Å²) in [7, 11) is 0. The molecule has 2 heterocycles. The van der Waals surface area contributed by atoms with Gasteiger partial charge in [0.15, 0.2) is 6.10 Å². The summed E-state index contributed by atoms with van der Waals surface area (Å²) in [5, 5.41) is 0. The Morgan fingerprint density at radius 2 is 2.27 bits per heavy atom. The third-order valence-corrected chi connectivity index (χ3v) is 2.29. The van der Waals surface area contributed by atoms with Crippen molar-refractivity contribution in [1.82, 2.24) is 0 Å². The molecule has 0 radical (unpaired) electrons. The lowest BCUT2D eigenvalue weighted by Crippen LogP contribution is -2.20. The molecule has 0 amide bonds. The van der Waals surface area contributed by atoms with Crippen LogP contribution in [0.4, 0.5) is 0 Å². The van der Waals surface area contributed by atoms with Gasteiger partial charge in [0.05, 0.1) is 12.7 Å². The minimum atomic E-state index is -0.180. The standard InChI is InChI=1S/C8H10O3/c1-4-6-3-10-5(2)7(6)11-8(4)9/h5,7H,3H2,1-2H3/t5-,7+/m0/s1. The van der Waals surface area contributed by atoms with E-state index in [-0.39, 0.29) is 18.2 Å². The van der Waals surface area contributed by atoms with E-state index in [2.05, 4.69) is 0 Å². The minimum Gasteiger partial charge on any atom is -0.452 e. The number of carbonyl (C=O) groups excluding carboxylic acids is 1. The molecule has 1 fully saturated rings. The zero-order valence-corrected chi connectivity index (χ0v) is 6.59. The number of hydrogen-bond acceptors (Lipinski definition) is 3. The summed E-state index contributed by atoms with van der Waals surface area (Å²) < 4.78 is 10.4. The Morgan fingerprint density at radius 1 is 1.55 bits per heavy atom. The molecular weight excluding hydrogens is 144 g/mol. The van der Waals surface area contributed by atoms with Gasteiger partial charge in [-0.3, -0.25) is 0 Å². The van der Waals surface area contributed by atoms with E-state index in [1.165, 1.54) is 0 Å². The van der Waals surface area contributed by atoms with Crippen LogP contribution < -0.4 is 0 Å². The lowest BCUT2D eigenvalue weighted by atomic mass is 10.1. The smallest absolute Gasteiger partial charge is 0.334 e. The van der Waals surface area contributed by atoms with Gasteiger partial charge in [-0.05, 0) is 13.8 Å². The van der Waals surface area contributed by atoms with E-state index < -0.39 is 0 Å². The third kappa shape index (κ3) is 0.807. The Labute approximate surface area is 65.0 Å². The second-order valence-corrected chi connectivity index (χ2v) is 2.99. The van der Waals surface area contributed by atoms with E-state index in [0.29, 0.717) is 6.61 Å². The zero-order valence-electron chi connectivity index (χ0n) is 6.59. The van der Waals surface area contributed by atoms with E-state index in [1.807, 2.05) is 6.92 Å². The molecule has 0 saturated carbocycles. The molecule has 2 rings (SSSR count). The van der Waals surface area contributed by atoms with Crippen molar-refractivity contribution < 1.29 is 14.3 Å². The molecule has 0 aliphatic carbocycles. The van der Waals surface area contributed by atoms with Crippen LogP contribution in [0.1, 0.15) is 13.8 Å². The van der Waals surface area contributed by atoms with E-state index in [1.54, 1.807) is 6.92 Å². The topological polar surface area (TPSA) is 35.5 Å². The summed E-state index contributed by atoms with van der Waals surface area (Å²) in [4.78, 5) is 11.0. The molecule has 0 aromatic heterocycles. The Balaban J connectivity index is 2.36. The molecule has 1 saturated heterocycles. The van der Waals surface area contributed by atoms with Gasteiger partial charge in [-0.2, -0.15) is 0 Å². The molecule has 3 heteroatoms. The largest absolute Gasteiger partial charge is 0.452 e. The fourth-order valence-electron chi connectivity index (χ4n) is 1.50. The summed E-state index contributed by atoms with van der Waals surface area (Å²) in [5.41, 5.74) is 1.77. The van der Waals surface area contributed by atoms with Crippen LogP contribution >= 0.6 is 0 Å². The maximum absolute atomic E-state index is 11.0. The molecule has 2 aliphatic heterocycles. The minimum absolute atomic E-state index is 0.0337.